The molecule has 0 aliphatic heterocycles. The fourth-order valence-corrected chi connectivity index (χ4v) is 1.87. The van der Waals surface area contributed by atoms with Crippen molar-refractivity contribution in [3.63, 3.8) is 0 Å². The van der Waals surface area contributed by atoms with Gasteiger partial charge in [0.15, 0.2) is 0 Å². The van der Waals surface area contributed by atoms with Crippen LogP contribution in [0.15, 0.2) is 30.6 Å². The second-order valence-electron chi connectivity index (χ2n) is 4.00. The van der Waals surface area contributed by atoms with Crippen LogP contribution in [0.4, 0.5) is 11.4 Å². The molecule has 2 rings (SSSR count). The van der Waals surface area contributed by atoms with Gasteiger partial charge in [-0.2, -0.15) is 0 Å². The van der Waals surface area contributed by atoms with Crippen molar-refractivity contribution in [3.05, 3.63) is 36.4 Å². The molecule has 0 aliphatic rings. The highest BCUT2D eigenvalue weighted by Gasteiger charge is 2.13. The Kier molecular flexibility index (Phi) is 3.72. The lowest BCUT2D eigenvalue weighted by molar-refractivity contribution is 0.417. The van der Waals surface area contributed by atoms with Crippen LogP contribution in [-0.4, -0.2) is 17.1 Å². The van der Waals surface area contributed by atoms with Crippen molar-refractivity contribution < 1.29 is 4.74 Å². The average molecular weight is 246 g/mol. The smallest absolute Gasteiger partial charge is 0.143 e. The monoisotopic (exact) mass is 246 g/mol. The number of hydrogen-bond acceptors (Lipinski definition) is 4. The Morgan fingerprint density at radius 1 is 1.50 bits per heavy atom. The third-order valence-electron chi connectivity index (χ3n) is 2.87. The zero-order valence-electron chi connectivity index (χ0n) is 10.6. The van der Waals surface area contributed by atoms with Gasteiger partial charge in [0.25, 0.3) is 0 Å². The molecule has 0 fully saturated rings. The number of hydrogen-bond donors (Lipinski definition) is 3. The zero-order valence-corrected chi connectivity index (χ0v) is 10.6. The quantitative estimate of drug-likeness (QED) is 0.709. The van der Waals surface area contributed by atoms with Crippen molar-refractivity contribution in [2.24, 2.45) is 0 Å². The van der Waals surface area contributed by atoms with Gasteiger partial charge in [-0.15, -0.1) is 0 Å². The van der Waals surface area contributed by atoms with Crippen LogP contribution in [-0.2, 0) is 0 Å². The van der Waals surface area contributed by atoms with Gasteiger partial charge in [-0.1, -0.05) is 13.0 Å². The van der Waals surface area contributed by atoms with Crippen LogP contribution in [0.25, 0.3) is 0 Å². The van der Waals surface area contributed by atoms with E-state index in [1.54, 1.807) is 13.3 Å². The number of rotatable bonds is 5. The summed E-state index contributed by atoms with van der Waals surface area (Å²) >= 11 is 0. The number of H-pyrrole nitrogens is 1. The van der Waals surface area contributed by atoms with Gasteiger partial charge in [-0.25, -0.2) is 4.98 Å². The summed E-state index contributed by atoms with van der Waals surface area (Å²) in [5.74, 6) is 1.58. The number of nitrogens with zero attached hydrogens (tertiary/aromatic N) is 1. The molecule has 5 heteroatoms. The summed E-state index contributed by atoms with van der Waals surface area (Å²) in [5, 5.41) is 3.38. The number of aromatic nitrogens is 2. The molecule has 1 unspecified atom stereocenters. The molecule has 0 bridgehead atoms. The van der Waals surface area contributed by atoms with E-state index >= 15 is 0 Å². The Bertz CT molecular complexity index is 496. The Morgan fingerprint density at radius 2 is 2.33 bits per heavy atom. The molecular weight excluding hydrogens is 228 g/mol. The molecular formula is C13H18N4O. The summed E-state index contributed by atoms with van der Waals surface area (Å²) in [5.41, 5.74) is 7.51. The largest absolute Gasteiger partial charge is 0.495 e. The molecule has 1 aromatic carbocycles. The van der Waals surface area contributed by atoms with E-state index in [1.165, 1.54) is 0 Å². The van der Waals surface area contributed by atoms with Crippen LogP contribution >= 0.6 is 0 Å². The number of nitrogens with one attached hydrogen (secondary N) is 2. The number of nitrogen functional groups attached to an aromatic ring is 1. The van der Waals surface area contributed by atoms with Gasteiger partial charge in [0.05, 0.1) is 24.5 Å². The maximum Gasteiger partial charge on any atom is 0.143 e. The highest BCUT2D eigenvalue weighted by Crippen LogP contribution is 2.31. The molecule has 18 heavy (non-hydrogen) atoms. The lowest BCUT2D eigenvalue weighted by Gasteiger charge is -2.18. The molecule has 0 spiro atoms. The first-order valence-corrected chi connectivity index (χ1v) is 5.94. The van der Waals surface area contributed by atoms with Crippen LogP contribution in [0.3, 0.4) is 0 Å². The minimum Gasteiger partial charge on any atom is -0.495 e. The molecule has 1 heterocycles. The van der Waals surface area contributed by atoms with Crippen molar-refractivity contribution >= 4 is 11.4 Å². The van der Waals surface area contributed by atoms with E-state index < -0.39 is 0 Å². The number of nitrogens with two attached hydrogens (primary N) is 1. The molecule has 1 aromatic heterocycles. The Labute approximate surface area is 106 Å². The predicted octanol–water partition coefficient (Wildman–Crippen LogP) is 2.56. The molecule has 0 aliphatic carbocycles. The van der Waals surface area contributed by atoms with E-state index in [4.69, 9.17) is 10.5 Å². The van der Waals surface area contributed by atoms with E-state index in [9.17, 15) is 0 Å². The van der Waals surface area contributed by atoms with Crippen LogP contribution in [0.2, 0.25) is 0 Å². The summed E-state index contributed by atoms with van der Waals surface area (Å²) in [7, 11) is 1.61. The van der Waals surface area contributed by atoms with Crippen LogP contribution < -0.4 is 15.8 Å². The fraction of sp³-hybridized carbons (Fsp3) is 0.308. The summed E-state index contributed by atoms with van der Waals surface area (Å²) in [4.78, 5) is 7.38. The second-order valence-corrected chi connectivity index (χ2v) is 4.00. The minimum absolute atomic E-state index is 0.106. The number of benzene rings is 1. The number of ether oxygens (including phenoxy) is 1. The summed E-state index contributed by atoms with van der Waals surface area (Å²) in [6.07, 6.45) is 4.47. The Balaban J connectivity index is 2.22. The summed E-state index contributed by atoms with van der Waals surface area (Å²) in [6, 6.07) is 5.79. The molecule has 0 saturated heterocycles. The van der Waals surface area contributed by atoms with Crippen molar-refractivity contribution in [1.29, 1.82) is 0 Å². The van der Waals surface area contributed by atoms with Crippen molar-refractivity contribution in [1.82, 2.24) is 9.97 Å². The van der Waals surface area contributed by atoms with Crippen LogP contribution in [0, 0.1) is 0 Å². The first kappa shape index (κ1) is 12.3. The van der Waals surface area contributed by atoms with Gasteiger partial charge in [0, 0.05) is 12.4 Å². The second kappa shape index (κ2) is 5.44. The predicted molar refractivity (Wildman–Crippen MR) is 72.6 cm³/mol. The van der Waals surface area contributed by atoms with Crippen molar-refractivity contribution in [3.8, 4) is 5.75 Å². The Hall–Kier alpha value is -2.17. The van der Waals surface area contributed by atoms with Crippen LogP contribution in [0.1, 0.15) is 25.2 Å². The summed E-state index contributed by atoms with van der Waals surface area (Å²) in [6.45, 7) is 2.09. The number of para-hydroxylation sites is 1. The molecule has 5 nitrogen and oxygen atoms in total. The third kappa shape index (κ3) is 2.40. The van der Waals surface area contributed by atoms with E-state index in [1.807, 2.05) is 24.4 Å². The van der Waals surface area contributed by atoms with Gasteiger partial charge < -0.3 is 20.8 Å². The maximum atomic E-state index is 6.03. The minimum atomic E-state index is 0.106. The fourth-order valence-electron chi connectivity index (χ4n) is 1.87. The zero-order chi connectivity index (χ0) is 13.0. The highest BCUT2D eigenvalue weighted by molar-refractivity contribution is 5.73. The lowest BCUT2D eigenvalue weighted by Crippen LogP contribution is -2.12. The molecule has 2 aromatic rings. The highest BCUT2D eigenvalue weighted by atomic mass is 16.5. The van der Waals surface area contributed by atoms with Gasteiger partial charge in [-0.3, -0.25) is 0 Å². The maximum absolute atomic E-state index is 6.03. The Morgan fingerprint density at radius 3 is 2.94 bits per heavy atom. The number of imidazole rings is 1. The van der Waals surface area contributed by atoms with E-state index in [0.29, 0.717) is 11.4 Å². The number of anilines is 2. The van der Waals surface area contributed by atoms with Gasteiger partial charge in [0.2, 0.25) is 0 Å². The number of aromatic amines is 1. The van der Waals surface area contributed by atoms with E-state index in [-0.39, 0.29) is 6.04 Å². The molecule has 0 amide bonds. The SMILES string of the molecule is CCC(Nc1cccc(OC)c1N)c1ncc[nH]1. The normalized spacial score (nSPS) is 12.1. The van der Waals surface area contributed by atoms with E-state index in [2.05, 4.69) is 22.2 Å². The molecule has 0 saturated carbocycles. The van der Waals surface area contributed by atoms with Gasteiger partial charge in [0.1, 0.15) is 11.6 Å². The first-order chi connectivity index (χ1) is 8.76. The summed E-state index contributed by atoms with van der Waals surface area (Å²) < 4.78 is 5.20. The van der Waals surface area contributed by atoms with Crippen molar-refractivity contribution in [2.75, 3.05) is 18.2 Å². The van der Waals surface area contributed by atoms with E-state index in [0.717, 1.165) is 17.9 Å². The molecule has 1 atom stereocenters. The van der Waals surface area contributed by atoms with Crippen LogP contribution in [0.5, 0.6) is 5.75 Å². The molecule has 96 valence electrons. The lowest BCUT2D eigenvalue weighted by atomic mass is 10.1. The molecule has 4 N–H and O–H groups in total. The first-order valence-electron chi connectivity index (χ1n) is 5.94. The van der Waals surface area contributed by atoms with Gasteiger partial charge >= 0.3 is 0 Å². The third-order valence-corrected chi connectivity index (χ3v) is 2.87. The van der Waals surface area contributed by atoms with Crippen molar-refractivity contribution in [2.45, 2.75) is 19.4 Å². The average Bonchev–Trinajstić information content (AvgIpc) is 2.91. The van der Waals surface area contributed by atoms with Gasteiger partial charge in [-0.05, 0) is 18.6 Å². The standard InChI is InChI=1S/C13H18N4O/c1-3-9(13-15-7-8-16-13)17-10-5-4-6-11(18-2)12(10)14/h4-9,17H,3,14H2,1-2H3,(H,15,16). The molecule has 0 radical (unpaired) electrons. The topological polar surface area (TPSA) is 76.0 Å². The number of methoxy groups -OCH3 is 1.